The van der Waals surface area contributed by atoms with Gasteiger partial charge in [0.15, 0.2) is 5.78 Å². The first kappa shape index (κ1) is 14.2. The minimum Gasteiger partial charge on any atom is -0.307 e. The number of Topliss-reactive ketones (excluding diaryl/α,β-unsaturated/α-hetero) is 1. The Morgan fingerprint density at radius 3 is 2.71 bits per heavy atom. The monoisotopic (exact) mass is 349 g/mol. The summed E-state index contributed by atoms with van der Waals surface area (Å²) in [6.45, 7) is 0.330. The summed E-state index contributed by atoms with van der Waals surface area (Å²) in [5.74, 6) is -0.244. The molecule has 1 aliphatic rings. The Hall–Kier alpha value is -1.75. The maximum absolute atomic E-state index is 13.1. The molecule has 0 fully saturated rings. The lowest BCUT2D eigenvalue weighted by Gasteiger charge is -2.20. The predicted molar refractivity (Wildman–Crippen MR) is 81.2 cm³/mol. The largest absolute Gasteiger partial charge is 0.307 e. The zero-order valence-electron chi connectivity index (χ0n) is 11.2. The number of hydrogen-bond acceptors (Lipinski definition) is 2. The third kappa shape index (κ3) is 2.70. The molecule has 3 rings (SSSR count). The molecule has 0 spiro atoms. The van der Waals surface area contributed by atoms with E-state index in [1.165, 1.54) is 18.2 Å². The number of hydrogen-bond donors (Lipinski definition) is 0. The van der Waals surface area contributed by atoms with Crippen molar-refractivity contribution in [3.05, 3.63) is 67.8 Å². The van der Waals surface area contributed by atoms with E-state index in [1.807, 2.05) is 0 Å². The van der Waals surface area contributed by atoms with E-state index >= 15 is 0 Å². The van der Waals surface area contributed by atoms with Crippen LogP contribution in [0.1, 0.15) is 34.5 Å². The summed E-state index contributed by atoms with van der Waals surface area (Å²) in [7, 11) is 0. The van der Waals surface area contributed by atoms with Crippen molar-refractivity contribution < 1.29 is 9.18 Å². The van der Waals surface area contributed by atoms with Gasteiger partial charge in [-0.2, -0.15) is 0 Å². The molecule has 0 amide bonds. The second kappa shape index (κ2) is 5.56. The molecular formula is C16H13BrFNO2. The highest BCUT2D eigenvalue weighted by Crippen LogP contribution is 2.23. The SMILES string of the molecule is O=C1CCCc2c1ccc(=O)n2Cc1ccc(F)cc1Br. The van der Waals surface area contributed by atoms with Crippen LogP contribution in [0.25, 0.3) is 0 Å². The number of fused-ring (bicyclic) bond motifs is 1. The molecular weight excluding hydrogens is 337 g/mol. The van der Waals surface area contributed by atoms with Gasteiger partial charge in [-0.1, -0.05) is 22.0 Å². The molecule has 0 aliphatic heterocycles. The first-order valence-corrected chi connectivity index (χ1v) is 7.55. The van der Waals surface area contributed by atoms with Gasteiger partial charge in [-0.3, -0.25) is 9.59 Å². The van der Waals surface area contributed by atoms with Gasteiger partial charge in [0.1, 0.15) is 5.82 Å². The average molecular weight is 350 g/mol. The Morgan fingerprint density at radius 1 is 1.14 bits per heavy atom. The first-order valence-electron chi connectivity index (χ1n) is 6.76. The highest BCUT2D eigenvalue weighted by atomic mass is 79.9. The highest BCUT2D eigenvalue weighted by molar-refractivity contribution is 9.10. The van der Waals surface area contributed by atoms with Crippen LogP contribution in [0.5, 0.6) is 0 Å². The second-order valence-electron chi connectivity index (χ2n) is 5.13. The minimum absolute atomic E-state index is 0.0863. The van der Waals surface area contributed by atoms with Crippen LogP contribution in [0.4, 0.5) is 4.39 Å². The number of benzene rings is 1. The van der Waals surface area contributed by atoms with Gasteiger partial charge in [-0.05, 0) is 36.6 Å². The van der Waals surface area contributed by atoms with Crippen LogP contribution in [0.15, 0.2) is 39.6 Å². The average Bonchev–Trinajstić information content (AvgIpc) is 2.44. The van der Waals surface area contributed by atoms with Crippen LogP contribution >= 0.6 is 15.9 Å². The number of nitrogens with zero attached hydrogens (tertiary/aromatic N) is 1. The topological polar surface area (TPSA) is 39.1 Å². The Morgan fingerprint density at radius 2 is 1.95 bits per heavy atom. The molecule has 0 saturated carbocycles. The summed E-state index contributed by atoms with van der Waals surface area (Å²) in [5, 5.41) is 0. The van der Waals surface area contributed by atoms with E-state index in [0.29, 0.717) is 23.0 Å². The summed E-state index contributed by atoms with van der Waals surface area (Å²) in [4.78, 5) is 24.1. The van der Waals surface area contributed by atoms with Crippen molar-refractivity contribution in [1.29, 1.82) is 0 Å². The molecule has 1 heterocycles. The van der Waals surface area contributed by atoms with Gasteiger partial charge in [0, 0.05) is 28.2 Å². The van der Waals surface area contributed by atoms with E-state index in [2.05, 4.69) is 15.9 Å². The summed E-state index contributed by atoms with van der Waals surface area (Å²) in [6, 6.07) is 7.44. The van der Waals surface area contributed by atoms with Crippen LogP contribution in [0.3, 0.4) is 0 Å². The molecule has 5 heteroatoms. The zero-order chi connectivity index (χ0) is 15.0. The smallest absolute Gasteiger partial charge is 0.251 e. The van der Waals surface area contributed by atoms with E-state index in [0.717, 1.165) is 24.1 Å². The lowest BCUT2D eigenvalue weighted by Crippen LogP contribution is -2.28. The van der Waals surface area contributed by atoms with Gasteiger partial charge in [0.05, 0.1) is 6.54 Å². The molecule has 0 radical (unpaired) electrons. The molecule has 0 saturated heterocycles. The van der Waals surface area contributed by atoms with Crippen LogP contribution in [0, 0.1) is 5.82 Å². The van der Waals surface area contributed by atoms with Crippen LogP contribution in [-0.2, 0) is 13.0 Å². The van der Waals surface area contributed by atoms with Crippen molar-refractivity contribution in [2.75, 3.05) is 0 Å². The summed E-state index contributed by atoms with van der Waals surface area (Å²) in [6.07, 6.45) is 2.02. The summed E-state index contributed by atoms with van der Waals surface area (Å²) < 4.78 is 15.4. The van der Waals surface area contributed by atoms with Gasteiger partial charge in [-0.25, -0.2) is 4.39 Å². The van der Waals surface area contributed by atoms with Crippen LogP contribution < -0.4 is 5.56 Å². The molecule has 0 unspecified atom stereocenters. The van der Waals surface area contributed by atoms with Crippen LogP contribution in [0.2, 0.25) is 0 Å². The predicted octanol–water partition coefficient (Wildman–Crippen LogP) is 3.32. The second-order valence-corrected chi connectivity index (χ2v) is 5.98. The van der Waals surface area contributed by atoms with Crippen molar-refractivity contribution in [3.8, 4) is 0 Å². The fraction of sp³-hybridized carbons (Fsp3) is 0.250. The van der Waals surface area contributed by atoms with E-state index in [4.69, 9.17) is 0 Å². The molecule has 108 valence electrons. The Labute approximate surface area is 129 Å². The Kier molecular flexibility index (Phi) is 3.76. The highest BCUT2D eigenvalue weighted by Gasteiger charge is 2.21. The number of rotatable bonds is 2. The number of ketones is 1. The number of carbonyl (C=O) groups excluding carboxylic acids is 1. The molecule has 0 bridgehead atoms. The number of carbonyl (C=O) groups is 1. The maximum Gasteiger partial charge on any atom is 0.251 e. The maximum atomic E-state index is 13.1. The lowest BCUT2D eigenvalue weighted by molar-refractivity contribution is 0.0970. The summed E-state index contributed by atoms with van der Waals surface area (Å²) in [5.41, 5.74) is 2.10. The van der Waals surface area contributed by atoms with Gasteiger partial charge in [0.25, 0.3) is 5.56 Å². The Balaban J connectivity index is 2.08. The van der Waals surface area contributed by atoms with Crippen molar-refractivity contribution in [2.24, 2.45) is 0 Å². The molecule has 1 aromatic heterocycles. The zero-order valence-corrected chi connectivity index (χ0v) is 12.8. The first-order chi connectivity index (χ1) is 10.1. The standard InChI is InChI=1S/C16H13BrFNO2/c17-13-8-11(18)5-4-10(13)9-19-14-2-1-3-15(20)12(14)6-7-16(19)21/h4-8H,1-3,9H2. The fourth-order valence-corrected chi connectivity index (χ4v) is 3.16. The van der Waals surface area contributed by atoms with Crippen LogP contribution in [-0.4, -0.2) is 10.4 Å². The van der Waals surface area contributed by atoms with E-state index in [1.54, 1.807) is 16.7 Å². The number of aromatic nitrogens is 1. The van der Waals surface area contributed by atoms with Crippen molar-refractivity contribution in [3.63, 3.8) is 0 Å². The van der Waals surface area contributed by atoms with Gasteiger partial charge in [-0.15, -0.1) is 0 Å². The molecule has 1 aliphatic carbocycles. The molecule has 3 nitrogen and oxygen atoms in total. The number of pyridine rings is 1. The molecule has 2 aromatic rings. The normalized spacial score (nSPS) is 14.1. The quantitative estimate of drug-likeness (QED) is 0.834. The summed E-state index contributed by atoms with van der Waals surface area (Å²) >= 11 is 3.31. The van der Waals surface area contributed by atoms with Crippen molar-refractivity contribution in [1.82, 2.24) is 4.57 Å². The fourth-order valence-electron chi connectivity index (χ4n) is 2.69. The van der Waals surface area contributed by atoms with E-state index in [-0.39, 0.29) is 17.2 Å². The van der Waals surface area contributed by atoms with Gasteiger partial charge >= 0.3 is 0 Å². The third-order valence-electron chi connectivity index (χ3n) is 3.76. The van der Waals surface area contributed by atoms with Gasteiger partial charge in [0.2, 0.25) is 0 Å². The molecule has 21 heavy (non-hydrogen) atoms. The third-order valence-corrected chi connectivity index (χ3v) is 4.49. The van der Waals surface area contributed by atoms with E-state index < -0.39 is 0 Å². The number of halogens is 2. The lowest BCUT2D eigenvalue weighted by atomic mass is 9.94. The van der Waals surface area contributed by atoms with Crippen molar-refractivity contribution >= 4 is 21.7 Å². The van der Waals surface area contributed by atoms with Gasteiger partial charge < -0.3 is 4.57 Å². The molecule has 0 atom stereocenters. The Bertz CT molecular complexity index is 782. The van der Waals surface area contributed by atoms with E-state index in [9.17, 15) is 14.0 Å². The molecule has 1 aromatic carbocycles. The molecule has 0 N–H and O–H groups in total. The minimum atomic E-state index is -0.330. The van der Waals surface area contributed by atoms with Crippen molar-refractivity contribution in [2.45, 2.75) is 25.8 Å².